The summed E-state index contributed by atoms with van der Waals surface area (Å²) in [5.74, 6) is 1.74. The Kier molecular flexibility index (Phi) is 9.68. The van der Waals surface area contributed by atoms with Crippen molar-refractivity contribution in [3.05, 3.63) is 29.8 Å². The number of halogens is 1. The Morgan fingerprint density at radius 3 is 2.52 bits per heavy atom. The van der Waals surface area contributed by atoms with Gasteiger partial charge in [0, 0.05) is 38.5 Å². The lowest BCUT2D eigenvalue weighted by atomic mass is 9.99. The van der Waals surface area contributed by atoms with Gasteiger partial charge in [0.2, 0.25) is 0 Å². The molecule has 1 atom stereocenters. The molecule has 0 aliphatic carbocycles. The molecule has 0 bridgehead atoms. The number of hydrogen-bond acceptors (Lipinski definition) is 3. The molecule has 2 aliphatic heterocycles. The van der Waals surface area contributed by atoms with Crippen molar-refractivity contribution in [2.75, 3.05) is 37.7 Å². The van der Waals surface area contributed by atoms with Crippen LogP contribution in [-0.4, -0.2) is 44.8 Å². The molecule has 1 unspecified atom stereocenters. The minimum absolute atomic E-state index is 0. The predicted octanol–water partition coefficient (Wildman–Crippen LogP) is 3.78. The molecule has 0 saturated carbocycles. The number of guanidine groups is 1. The molecule has 27 heavy (non-hydrogen) atoms. The van der Waals surface area contributed by atoms with E-state index in [1.807, 2.05) is 0 Å². The second-order valence-electron chi connectivity index (χ2n) is 7.55. The fourth-order valence-corrected chi connectivity index (χ4v) is 3.61. The predicted molar refractivity (Wildman–Crippen MR) is 124 cm³/mol. The number of anilines is 1. The minimum Gasteiger partial charge on any atom is -0.376 e. The summed E-state index contributed by atoms with van der Waals surface area (Å²) in [5, 5.41) is 6.72. The summed E-state index contributed by atoms with van der Waals surface area (Å²) in [5.41, 5.74) is 2.58. The number of nitrogens with zero attached hydrogens (tertiary/aromatic N) is 2. The first kappa shape index (κ1) is 22.3. The third-order valence-corrected chi connectivity index (χ3v) is 5.37. The summed E-state index contributed by atoms with van der Waals surface area (Å²) in [6.45, 7) is 10.1. The van der Waals surface area contributed by atoms with Crippen molar-refractivity contribution in [1.29, 1.82) is 0 Å². The van der Waals surface area contributed by atoms with Crippen LogP contribution in [-0.2, 0) is 11.3 Å². The topological polar surface area (TPSA) is 48.9 Å². The van der Waals surface area contributed by atoms with Gasteiger partial charge < -0.3 is 20.3 Å². The maximum absolute atomic E-state index is 5.67. The monoisotopic (exact) mass is 486 g/mol. The third-order valence-electron chi connectivity index (χ3n) is 5.37. The first-order chi connectivity index (χ1) is 12.7. The van der Waals surface area contributed by atoms with Crippen LogP contribution in [0.5, 0.6) is 0 Å². The summed E-state index contributed by atoms with van der Waals surface area (Å²) in [4.78, 5) is 7.22. The zero-order valence-corrected chi connectivity index (χ0v) is 19.1. The molecule has 0 spiro atoms. The van der Waals surface area contributed by atoms with Crippen molar-refractivity contribution in [2.45, 2.75) is 52.2 Å². The lowest BCUT2D eigenvalue weighted by molar-refractivity contribution is 0.114. The molecule has 1 aromatic rings. The highest BCUT2D eigenvalue weighted by molar-refractivity contribution is 14.0. The molecule has 1 aromatic carbocycles. The zero-order chi connectivity index (χ0) is 18.2. The van der Waals surface area contributed by atoms with E-state index in [1.54, 1.807) is 0 Å². The zero-order valence-electron chi connectivity index (χ0n) is 16.7. The number of hydrogen-bond donors (Lipinski definition) is 2. The maximum Gasteiger partial charge on any atom is 0.191 e. The van der Waals surface area contributed by atoms with Crippen LogP contribution in [0, 0.1) is 5.92 Å². The second kappa shape index (κ2) is 11.7. The van der Waals surface area contributed by atoms with E-state index in [9.17, 15) is 0 Å². The molecule has 0 aromatic heterocycles. The smallest absolute Gasteiger partial charge is 0.191 e. The van der Waals surface area contributed by atoms with Gasteiger partial charge >= 0.3 is 0 Å². The van der Waals surface area contributed by atoms with E-state index in [-0.39, 0.29) is 24.0 Å². The van der Waals surface area contributed by atoms with Crippen molar-refractivity contribution in [1.82, 2.24) is 10.6 Å². The Bertz CT molecular complexity index is 564. The first-order valence-electron chi connectivity index (χ1n) is 10.2. The van der Waals surface area contributed by atoms with Crippen molar-refractivity contribution < 1.29 is 4.74 Å². The molecule has 3 rings (SSSR count). The first-order valence-corrected chi connectivity index (χ1v) is 10.2. The van der Waals surface area contributed by atoms with Crippen LogP contribution in [0.2, 0.25) is 0 Å². The molecule has 6 heteroatoms. The lowest BCUT2D eigenvalue weighted by Gasteiger charge is -2.32. The van der Waals surface area contributed by atoms with E-state index in [0.717, 1.165) is 38.0 Å². The average molecular weight is 486 g/mol. The molecule has 0 amide bonds. The van der Waals surface area contributed by atoms with Crippen LogP contribution < -0.4 is 15.5 Å². The Balaban J connectivity index is 0.00000261. The SMILES string of the molecule is CCNC(=NCc1ccc(N2CCC(C)CC2)cc1)NCC1CCCO1.I. The standard InChI is InChI=1S/C21H34N4O.HI/c1-3-22-21(24-16-20-5-4-14-26-20)23-15-18-6-8-19(9-7-18)25-12-10-17(2)11-13-25;/h6-9,17,20H,3-5,10-16H2,1-2H3,(H2,22,23,24);1H. The van der Waals surface area contributed by atoms with Gasteiger partial charge in [-0.25, -0.2) is 4.99 Å². The van der Waals surface area contributed by atoms with Crippen molar-refractivity contribution in [3.63, 3.8) is 0 Å². The maximum atomic E-state index is 5.67. The number of aliphatic imine (C=N–C) groups is 1. The number of nitrogens with one attached hydrogen (secondary N) is 2. The van der Waals surface area contributed by atoms with E-state index in [2.05, 4.69) is 53.6 Å². The number of benzene rings is 1. The second-order valence-corrected chi connectivity index (χ2v) is 7.55. The van der Waals surface area contributed by atoms with E-state index >= 15 is 0 Å². The number of ether oxygens (including phenoxy) is 1. The van der Waals surface area contributed by atoms with Crippen LogP contribution >= 0.6 is 24.0 Å². The van der Waals surface area contributed by atoms with Gasteiger partial charge in [0.1, 0.15) is 0 Å². The summed E-state index contributed by atoms with van der Waals surface area (Å²) in [6.07, 6.45) is 5.24. The van der Waals surface area contributed by atoms with Crippen LogP contribution in [0.1, 0.15) is 45.1 Å². The molecule has 2 heterocycles. The summed E-state index contributed by atoms with van der Waals surface area (Å²) >= 11 is 0. The highest BCUT2D eigenvalue weighted by Crippen LogP contribution is 2.23. The normalized spacial score (nSPS) is 21.0. The fourth-order valence-electron chi connectivity index (χ4n) is 3.61. The number of piperidine rings is 1. The third kappa shape index (κ3) is 7.14. The Morgan fingerprint density at radius 2 is 1.89 bits per heavy atom. The molecule has 5 nitrogen and oxygen atoms in total. The van der Waals surface area contributed by atoms with Gasteiger partial charge in [-0.3, -0.25) is 0 Å². The van der Waals surface area contributed by atoms with Gasteiger partial charge in [-0.1, -0.05) is 19.1 Å². The molecular formula is C21H35IN4O. The summed E-state index contributed by atoms with van der Waals surface area (Å²) in [7, 11) is 0. The van der Waals surface area contributed by atoms with Gasteiger partial charge in [-0.15, -0.1) is 24.0 Å². The van der Waals surface area contributed by atoms with Crippen LogP contribution in [0.3, 0.4) is 0 Å². The van der Waals surface area contributed by atoms with Crippen molar-refractivity contribution in [2.24, 2.45) is 10.9 Å². The molecule has 152 valence electrons. The van der Waals surface area contributed by atoms with E-state index in [1.165, 1.54) is 43.6 Å². The molecular weight excluding hydrogens is 451 g/mol. The molecule has 0 radical (unpaired) electrons. The Labute approximate surface area is 181 Å². The van der Waals surface area contributed by atoms with Gasteiger partial charge in [-0.05, 0) is 56.2 Å². The Hall–Kier alpha value is -1.02. The van der Waals surface area contributed by atoms with Crippen LogP contribution in [0.15, 0.2) is 29.3 Å². The summed E-state index contributed by atoms with van der Waals surface area (Å²) < 4.78 is 5.67. The van der Waals surface area contributed by atoms with E-state index < -0.39 is 0 Å². The highest BCUT2D eigenvalue weighted by atomic mass is 127. The van der Waals surface area contributed by atoms with Crippen molar-refractivity contribution >= 4 is 35.6 Å². The molecule has 2 aliphatic rings. The molecule has 2 saturated heterocycles. The highest BCUT2D eigenvalue weighted by Gasteiger charge is 2.16. The largest absolute Gasteiger partial charge is 0.376 e. The van der Waals surface area contributed by atoms with Crippen LogP contribution in [0.25, 0.3) is 0 Å². The molecule has 2 N–H and O–H groups in total. The van der Waals surface area contributed by atoms with E-state index in [0.29, 0.717) is 12.6 Å². The Morgan fingerprint density at radius 1 is 1.15 bits per heavy atom. The lowest BCUT2D eigenvalue weighted by Crippen LogP contribution is -2.41. The van der Waals surface area contributed by atoms with Crippen LogP contribution in [0.4, 0.5) is 5.69 Å². The van der Waals surface area contributed by atoms with Gasteiger partial charge in [-0.2, -0.15) is 0 Å². The van der Waals surface area contributed by atoms with E-state index in [4.69, 9.17) is 9.73 Å². The van der Waals surface area contributed by atoms with Gasteiger partial charge in [0.05, 0.1) is 12.6 Å². The van der Waals surface area contributed by atoms with Gasteiger partial charge in [0.25, 0.3) is 0 Å². The molecule has 2 fully saturated rings. The fraction of sp³-hybridized carbons (Fsp3) is 0.667. The quantitative estimate of drug-likeness (QED) is 0.365. The van der Waals surface area contributed by atoms with Crippen molar-refractivity contribution in [3.8, 4) is 0 Å². The summed E-state index contributed by atoms with van der Waals surface area (Å²) in [6, 6.07) is 8.90. The average Bonchev–Trinajstić information content (AvgIpc) is 3.19. The number of rotatable bonds is 6. The van der Waals surface area contributed by atoms with Gasteiger partial charge in [0.15, 0.2) is 5.96 Å². The minimum atomic E-state index is 0.